The zero-order valence-corrected chi connectivity index (χ0v) is 11.0. The SMILES string of the molecule is N#[C][Fe-3]([C]#N)([C]#N)([C]#N)([C]#N)[C]#N.O=[N][Na]. The summed E-state index contributed by atoms with van der Waals surface area (Å²) >= 11 is 0.438. The van der Waals surface area contributed by atoms with E-state index in [1.165, 1.54) is 0 Å². The number of rotatable bonds is 0. The molecule has 0 aliphatic carbocycles. The van der Waals surface area contributed by atoms with Crippen LogP contribution in [0, 0.1) is 66.3 Å². The molecule has 0 amide bonds. The first-order valence-corrected chi connectivity index (χ1v) is 7.24. The van der Waals surface area contributed by atoms with Gasteiger partial charge in [0, 0.05) is 0 Å². The second-order valence-corrected chi connectivity index (χ2v) is 7.97. The minimum absolute atomic E-state index is 0.438. The molecule has 0 unspecified atom stereocenters. The number of nitriles is 6. The standard InChI is InChI=1S/6CN.Fe.NO.Na/c6*1-2;;1-2;/q;;;;;;-3;-1;+1. The summed E-state index contributed by atoms with van der Waals surface area (Å²) in [6, 6.07) is 0. The van der Waals surface area contributed by atoms with Gasteiger partial charge < -0.3 is 0 Å². The van der Waals surface area contributed by atoms with Crippen molar-refractivity contribution in [3.05, 3.63) is 4.91 Å². The molecule has 0 aliphatic heterocycles. The fourth-order valence-electron chi connectivity index (χ4n) is 0.265. The molecule has 0 aromatic carbocycles. The van der Waals surface area contributed by atoms with Crippen LogP contribution in [-0.2, 0) is 10.7 Å². The maximum atomic E-state index is 8.62. The van der Waals surface area contributed by atoms with Crippen molar-refractivity contribution in [1.82, 2.24) is 0 Å². The van der Waals surface area contributed by atoms with Gasteiger partial charge >= 0.3 is 108 Å². The van der Waals surface area contributed by atoms with Gasteiger partial charge in [0.1, 0.15) is 0 Å². The van der Waals surface area contributed by atoms with Gasteiger partial charge in [0.15, 0.2) is 0 Å². The predicted octanol–water partition coefficient (Wildman–Crippen LogP) is -0.0655. The molecule has 0 N–H and O–H groups in total. The van der Waals surface area contributed by atoms with Gasteiger partial charge in [-0.3, -0.25) is 0 Å². The molecule has 77 valence electrons. The third-order valence-corrected chi connectivity index (χ3v) is 4.89. The molecule has 0 heterocycles. The Morgan fingerprint density at radius 3 is 0.875 bits per heavy atom. The van der Waals surface area contributed by atoms with Crippen molar-refractivity contribution in [1.29, 1.82) is 31.6 Å². The zero-order chi connectivity index (χ0) is 13.4. The van der Waals surface area contributed by atoms with E-state index in [-0.39, 0.29) is 0 Å². The summed E-state index contributed by atoms with van der Waals surface area (Å²) in [4.78, 5) is 14.8. The first-order chi connectivity index (χ1) is 7.39. The van der Waals surface area contributed by atoms with E-state index in [2.05, 4.69) is 2.71 Å². The van der Waals surface area contributed by atoms with Crippen molar-refractivity contribution in [2.24, 2.45) is 2.71 Å². The van der Waals surface area contributed by atoms with E-state index in [1.807, 2.05) is 0 Å². The van der Waals surface area contributed by atoms with Crippen molar-refractivity contribution in [3.63, 3.8) is 0 Å². The molecule has 0 aliphatic rings. The third-order valence-electron chi connectivity index (χ3n) is 1.19. The van der Waals surface area contributed by atoms with Crippen LogP contribution in [0.5, 0.6) is 0 Å². The van der Waals surface area contributed by atoms with E-state index < -0.39 is 10.7 Å². The molecule has 0 atom stereocenters. The van der Waals surface area contributed by atoms with Gasteiger partial charge in [-0.1, -0.05) is 0 Å². The van der Waals surface area contributed by atoms with Crippen LogP contribution < -0.4 is 0 Å². The van der Waals surface area contributed by atoms with E-state index in [4.69, 9.17) is 36.5 Å². The fourth-order valence-corrected chi connectivity index (χ4v) is 1.09. The summed E-state index contributed by atoms with van der Waals surface area (Å²) in [5, 5.41) is 51.5. The quantitative estimate of drug-likeness (QED) is 0.435. The fraction of sp³-hybridized carbons (Fsp3) is 0. The number of nitroso groups, excluding NO2 is 1. The molecule has 0 fully saturated rings. The molecule has 0 saturated carbocycles. The molecule has 10 heteroatoms. The first kappa shape index (κ1) is 16.5. The van der Waals surface area contributed by atoms with Crippen molar-refractivity contribution >= 4 is 28.2 Å². The minimum atomic E-state index is -6.17. The average Bonchev–Trinajstić information content (AvgIpc) is 2.37. The Bertz CT molecular complexity index is 440. The predicted molar refractivity (Wildman–Crippen MR) is 45.2 cm³/mol. The van der Waals surface area contributed by atoms with E-state index >= 15 is 0 Å². The number of hydrogen-bond donors (Lipinski definition) is 0. The normalized spacial score (nSPS) is 11.8. The van der Waals surface area contributed by atoms with Gasteiger partial charge in [-0.05, 0) is 0 Å². The average molecular weight is 265 g/mol. The summed E-state index contributed by atoms with van der Waals surface area (Å²) in [6.07, 6.45) is 0. The first-order valence-electron chi connectivity index (χ1n) is 3.03. The van der Waals surface area contributed by atoms with Crippen LogP contribution in [0.3, 0.4) is 0 Å². The molecule has 0 aromatic rings. The second kappa shape index (κ2) is 4.72. The Morgan fingerprint density at radius 1 is 0.750 bits per heavy atom. The molecular formula is C6FeN7NaO-3. The molecule has 0 bridgehead atoms. The van der Waals surface area contributed by atoms with Gasteiger partial charge in [0.25, 0.3) is 0 Å². The van der Waals surface area contributed by atoms with Crippen LogP contribution in [0.25, 0.3) is 0 Å². The Kier molecular flexibility index (Phi) is 4.86. The summed E-state index contributed by atoms with van der Waals surface area (Å²) in [5.41, 5.74) is 0. The van der Waals surface area contributed by atoms with E-state index in [9.17, 15) is 0 Å². The summed E-state index contributed by atoms with van der Waals surface area (Å²) in [5.74, 6) is 0. The molecule has 16 heavy (non-hydrogen) atoms. The second-order valence-electron chi connectivity index (χ2n) is 1.98. The Balaban J connectivity index is 0. The number of hydrogen-bond acceptors (Lipinski definition) is 8. The van der Waals surface area contributed by atoms with Gasteiger partial charge in [0.05, 0.1) is 0 Å². The third kappa shape index (κ3) is 1.87. The summed E-state index contributed by atoms with van der Waals surface area (Å²) < 4.78 is 2.39. The van der Waals surface area contributed by atoms with Crippen LogP contribution in [0.4, 0.5) is 0 Å². The molecular weight excluding hydrogens is 265 g/mol. The van der Waals surface area contributed by atoms with Gasteiger partial charge in [-0.2, -0.15) is 0 Å². The van der Waals surface area contributed by atoms with E-state index in [0.717, 1.165) is 29.8 Å². The molecule has 0 aromatic heterocycles. The molecule has 0 rings (SSSR count). The van der Waals surface area contributed by atoms with Crippen molar-refractivity contribution < 1.29 is 10.7 Å². The Hall–Kier alpha value is -1.94. The number of nitrogens with zero attached hydrogens (tertiary/aromatic N) is 7. The molecule has 0 radical (unpaired) electrons. The molecule has 0 saturated heterocycles. The van der Waals surface area contributed by atoms with E-state index in [0.29, 0.717) is 28.2 Å². The maximum absolute atomic E-state index is 8.62. The zero-order valence-electron chi connectivity index (χ0n) is 7.89. The van der Waals surface area contributed by atoms with Gasteiger partial charge in [0.2, 0.25) is 0 Å². The van der Waals surface area contributed by atoms with Crippen molar-refractivity contribution in [2.75, 3.05) is 0 Å². The van der Waals surface area contributed by atoms with Crippen molar-refractivity contribution in [2.45, 2.75) is 0 Å². The van der Waals surface area contributed by atoms with Crippen LogP contribution in [0.15, 0.2) is 2.71 Å². The van der Waals surface area contributed by atoms with Crippen LogP contribution >= 0.6 is 0 Å². The van der Waals surface area contributed by atoms with Crippen LogP contribution in [0.2, 0.25) is 0 Å². The summed E-state index contributed by atoms with van der Waals surface area (Å²) in [6.45, 7) is 0. The molecule has 8 nitrogen and oxygen atoms in total. The van der Waals surface area contributed by atoms with Crippen molar-refractivity contribution in [3.8, 4) is 29.8 Å². The Labute approximate surface area is 107 Å². The topological polar surface area (TPSA) is 172 Å². The van der Waals surface area contributed by atoms with Gasteiger partial charge in [-0.15, -0.1) is 0 Å². The van der Waals surface area contributed by atoms with E-state index in [1.54, 1.807) is 0 Å². The van der Waals surface area contributed by atoms with Gasteiger partial charge in [-0.25, -0.2) is 0 Å². The van der Waals surface area contributed by atoms with Crippen LogP contribution in [-0.4, -0.2) is 28.2 Å². The van der Waals surface area contributed by atoms with Crippen LogP contribution in [0.1, 0.15) is 0 Å². The molecule has 0 spiro atoms. The summed E-state index contributed by atoms with van der Waals surface area (Å²) in [7, 11) is -6.17. The Morgan fingerprint density at radius 2 is 0.875 bits per heavy atom. The monoisotopic (exact) mass is 265 g/mol.